The van der Waals surface area contributed by atoms with Gasteiger partial charge in [0.05, 0.1) is 0 Å². The maximum atomic E-state index is 10.0. The molecule has 0 spiro atoms. The molecule has 0 saturated carbocycles. The fourth-order valence-electron chi connectivity index (χ4n) is 0.807. The van der Waals surface area contributed by atoms with E-state index in [-0.39, 0.29) is 29.6 Å². The number of carbonyl (C=O) groups is 1. The number of carboxylic acids is 1. The fourth-order valence-corrected chi connectivity index (χ4v) is 0.807. The Bertz CT molecular complexity index is 94.1. The van der Waals surface area contributed by atoms with Crippen LogP contribution in [0.2, 0.25) is 0 Å². The summed E-state index contributed by atoms with van der Waals surface area (Å²) < 4.78 is 0. The molecule has 0 aliphatic carbocycles. The van der Waals surface area contributed by atoms with Gasteiger partial charge in [-0.1, -0.05) is 19.3 Å². The molecule has 0 heterocycles. The van der Waals surface area contributed by atoms with E-state index in [1.807, 2.05) is 0 Å². The Morgan fingerprint density at radius 2 is 1.73 bits per heavy atom. The van der Waals surface area contributed by atoms with Crippen molar-refractivity contribution >= 4 is 5.97 Å². The molecule has 0 aliphatic rings. The summed E-state index contributed by atoms with van der Waals surface area (Å²) in [6.07, 6.45) is 5.37. The number of aliphatic carboxylic acids is 1. The van der Waals surface area contributed by atoms with Gasteiger partial charge in [-0.25, -0.2) is 0 Å². The quantitative estimate of drug-likeness (QED) is 0.320. The van der Waals surface area contributed by atoms with E-state index in [0.717, 1.165) is 32.1 Å². The Morgan fingerprint density at radius 3 is 2.18 bits per heavy atom. The zero-order chi connectivity index (χ0) is 7.82. The van der Waals surface area contributed by atoms with Gasteiger partial charge < -0.3 is 12.0 Å². The van der Waals surface area contributed by atoms with Gasteiger partial charge in [-0.3, -0.25) is 4.79 Å². The fraction of sp³-hybridized carbons (Fsp3) is 0.750. The minimum Gasteiger partial charge on any atom is -0.481 e. The van der Waals surface area contributed by atoms with Crippen molar-refractivity contribution in [3.05, 3.63) is 6.92 Å². The number of unbranched alkanes of at least 4 members (excludes halogenated alkanes) is 4. The zero-order valence-corrected chi connectivity index (χ0v) is 9.31. The van der Waals surface area contributed by atoms with Crippen molar-refractivity contribution in [1.82, 2.24) is 0 Å². The Hall–Kier alpha value is 0.470. The topological polar surface area (TPSA) is 37.3 Å². The van der Waals surface area contributed by atoms with Crippen LogP contribution in [-0.2, 0) is 4.79 Å². The molecule has 0 unspecified atom stereocenters. The SMILES string of the molecule is [CH2-]CCCCCCC(=O)O.[Na+]. The summed E-state index contributed by atoms with van der Waals surface area (Å²) in [6.45, 7) is 3.70. The third-order valence-electron chi connectivity index (χ3n) is 1.39. The van der Waals surface area contributed by atoms with Gasteiger partial charge in [-0.05, 0) is 6.42 Å². The van der Waals surface area contributed by atoms with Crippen LogP contribution in [0.25, 0.3) is 0 Å². The third-order valence-corrected chi connectivity index (χ3v) is 1.39. The van der Waals surface area contributed by atoms with Crippen LogP contribution < -0.4 is 29.6 Å². The molecule has 0 radical (unpaired) electrons. The van der Waals surface area contributed by atoms with Crippen molar-refractivity contribution in [2.75, 3.05) is 0 Å². The van der Waals surface area contributed by atoms with Gasteiger partial charge in [0.1, 0.15) is 0 Å². The number of rotatable bonds is 6. The predicted molar refractivity (Wildman–Crippen MR) is 40.7 cm³/mol. The molecule has 0 aromatic rings. The minimum absolute atomic E-state index is 0. The molecule has 0 bridgehead atoms. The van der Waals surface area contributed by atoms with Crippen molar-refractivity contribution in [3.63, 3.8) is 0 Å². The normalized spacial score (nSPS) is 8.82. The Morgan fingerprint density at radius 1 is 1.18 bits per heavy atom. The van der Waals surface area contributed by atoms with Crippen LogP contribution in [0.5, 0.6) is 0 Å². The van der Waals surface area contributed by atoms with Gasteiger partial charge >= 0.3 is 35.5 Å². The number of carboxylic acid groups (broad SMARTS) is 1. The van der Waals surface area contributed by atoms with Crippen molar-refractivity contribution < 1.29 is 39.5 Å². The van der Waals surface area contributed by atoms with Gasteiger partial charge in [0.15, 0.2) is 0 Å². The molecule has 0 fully saturated rings. The summed E-state index contributed by atoms with van der Waals surface area (Å²) in [5.74, 6) is -0.686. The average Bonchev–Trinajstić information content (AvgIpc) is 1.87. The number of hydrogen-bond donors (Lipinski definition) is 1. The van der Waals surface area contributed by atoms with E-state index in [0.29, 0.717) is 6.42 Å². The van der Waals surface area contributed by atoms with E-state index in [9.17, 15) is 4.79 Å². The smallest absolute Gasteiger partial charge is 0.481 e. The van der Waals surface area contributed by atoms with Crippen molar-refractivity contribution in [1.29, 1.82) is 0 Å². The van der Waals surface area contributed by atoms with Crippen LogP contribution >= 0.6 is 0 Å². The summed E-state index contributed by atoms with van der Waals surface area (Å²) in [4.78, 5) is 10.0. The molecule has 60 valence electrons. The minimum atomic E-state index is -0.686. The van der Waals surface area contributed by atoms with Crippen LogP contribution in [0.1, 0.15) is 38.5 Å². The first-order chi connectivity index (χ1) is 4.77. The van der Waals surface area contributed by atoms with E-state index < -0.39 is 5.97 Å². The molecule has 0 saturated heterocycles. The largest absolute Gasteiger partial charge is 1.00 e. The molecule has 0 amide bonds. The molecular formula is C8H15NaO2. The second-order valence-corrected chi connectivity index (χ2v) is 2.41. The van der Waals surface area contributed by atoms with Gasteiger partial charge in [0.2, 0.25) is 0 Å². The summed E-state index contributed by atoms with van der Waals surface area (Å²) in [5, 5.41) is 8.26. The molecule has 0 rings (SSSR count). The van der Waals surface area contributed by atoms with Crippen LogP contribution in [-0.4, -0.2) is 11.1 Å². The Balaban J connectivity index is 0. The maximum Gasteiger partial charge on any atom is 1.00 e. The second-order valence-electron chi connectivity index (χ2n) is 2.41. The molecule has 1 N–H and O–H groups in total. The number of hydrogen-bond acceptors (Lipinski definition) is 1. The molecule has 2 nitrogen and oxygen atoms in total. The predicted octanol–water partition coefficient (Wildman–Crippen LogP) is -0.750. The summed E-state index contributed by atoms with van der Waals surface area (Å²) >= 11 is 0. The van der Waals surface area contributed by atoms with Crippen molar-refractivity contribution in [3.8, 4) is 0 Å². The molecule has 0 aromatic carbocycles. The third kappa shape index (κ3) is 13.5. The van der Waals surface area contributed by atoms with E-state index in [1.54, 1.807) is 0 Å². The molecule has 0 aliphatic heterocycles. The average molecular weight is 166 g/mol. The Labute approximate surface area is 90.7 Å². The molecule has 0 atom stereocenters. The second kappa shape index (κ2) is 10.5. The van der Waals surface area contributed by atoms with Crippen LogP contribution in [0, 0.1) is 6.92 Å². The van der Waals surface area contributed by atoms with Crippen LogP contribution in [0.4, 0.5) is 0 Å². The Kier molecular flexibility index (Phi) is 13.3. The van der Waals surface area contributed by atoms with Gasteiger partial charge in [-0.15, -0.1) is 0 Å². The summed E-state index contributed by atoms with van der Waals surface area (Å²) in [6, 6.07) is 0. The van der Waals surface area contributed by atoms with E-state index in [4.69, 9.17) is 5.11 Å². The standard InChI is InChI=1S/C8H15O2.Na/c1-2-3-4-5-6-7-8(9)10;/h1-7H2,(H,9,10);/q-1;+1. The van der Waals surface area contributed by atoms with Gasteiger partial charge in [-0.2, -0.15) is 6.42 Å². The monoisotopic (exact) mass is 166 g/mol. The first-order valence-corrected chi connectivity index (χ1v) is 3.78. The first-order valence-electron chi connectivity index (χ1n) is 3.78. The van der Waals surface area contributed by atoms with E-state index in [2.05, 4.69) is 6.92 Å². The first kappa shape index (κ1) is 14.0. The zero-order valence-electron chi connectivity index (χ0n) is 7.31. The van der Waals surface area contributed by atoms with E-state index in [1.165, 1.54) is 0 Å². The molecule has 3 heteroatoms. The van der Waals surface area contributed by atoms with Crippen LogP contribution in [0.15, 0.2) is 0 Å². The van der Waals surface area contributed by atoms with Gasteiger partial charge in [0, 0.05) is 6.42 Å². The maximum absolute atomic E-state index is 10.0. The molecule has 11 heavy (non-hydrogen) atoms. The molecular weight excluding hydrogens is 151 g/mol. The van der Waals surface area contributed by atoms with Crippen LogP contribution in [0.3, 0.4) is 0 Å². The molecule has 0 aromatic heterocycles. The van der Waals surface area contributed by atoms with Crippen molar-refractivity contribution in [2.24, 2.45) is 0 Å². The van der Waals surface area contributed by atoms with E-state index >= 15 is 0 Å². The van der Waals surface area contributed by atoms with Crippen molar-refractivity contribution in [2.45, 2.75) is 38.5 Å². The van der Waals surface area contributed by atoms with Gasteiger partial charge in [0.25, 0.3) is 0 Å². The summed E-state index contributed by atoms with van der Waals surface area (Å²) in [5.41, 5.74) is 0. The summed E-state index contributed by atoms with van der Waals surface area (Å²) in [7, 11) is 0.